The molecule has 0 fully saturated rings. The highest BCUT2D eigenvalue weighted by Crippen LogP contribution is 2.21. The molecule has 18 heavy (non-hydrogen) atoms. The van der Waals surface area contributed by atoms with Crippen LogP contribution < -0.4 is 0 Å². The number of aromatic nitrogens is 2. The highest BCUT2D eigenvalue weighted by molar-refractivity contribution is 9.10. The van der Waals surface area contributed by atoms with E-state index in [4.69, 9.17) is 4.74 Å². The minimum absolute atomic E-state index is 0.332. The summed E-state index contributed by atoms with van der Waals surface area (Å²) in [7, 11) is 1.37. The van der Waals surface area contributed by atoms with Gasteiger partial charge in [-0.15, -0.1) is 0 Å². The molecule has 0 amide bonds. The average molecular weight is 307 g/mol. The van der Waals surface area contributed by atoms with Gasteiger partial charge in [-0.1, -0.05) is 6.07 Å². The number of carbonyl (C=O) groups excluding carboxylic acids is 1. The molecule has 0 saturated carbocycles. The molecule has 4 nitrogen and oxygen atoms in total. The van der Waals surface area contributed by atoms with Crippen LogP contribution in [0, 0.1) is 6.92 Å². The van der Waals surface area contributed by atoms with Crippen molar-refractivity contribution in [3.8, 4) is 11.3 Å². The molecule has 0 aliphatic heterocycles. The van der Waals surface area contributed by atoms with Crippen LogP contribution in [0.2, 0.25) is 0 Å². The van der Waals surface area contributed by atoms with Gasteiger partial charge in [0.15, 0.2) is 0 Å². The van der Waals surface area contributed by atoms with Crippen molar-refractivity contribution in [3.63, 3.8) is 0 Å². The van der Waals surface area contributed by atoms with Gasteiger partial charge in [-0.3, -0.25) is 4.98 Å². The van der Waals surface area contributed by atoms with Gasteiger partial charge in [0.25, 0.3) is 0 Å². The summed E-state index contributed by atoms with van der Waals surface area (Å²) in [6.45, 7) is 1.86. The zero-order valence-corrected chi connectivity index (χ0v) is 11.6. The Morgan fingerprint density at radius 2 is 2.06 bits per heavy atom. The predicted octanol–water partition coefficient (Wildman–Crippen LogP) is 3.00. The van der Waals surface area contributed by atoms with Crippen LogP contribution in [0.25, 0.3) is 11.3 Å². The second kappa shape index (κ2) is 5.27. The molecule has 0 atom stereocenters. The maximum absolute atomic E-state index is 11.5. The number of methoxy groups -OCH3 is 1. The Labute approximate surface area is 113 Å². The first-order chi connectivity index (χ1) is 8.61. The molecule has 0 N–H and O–H groups in total. The molecule has 0 spiro atoms. The van der Waals surface area contributed by atoms with Gasteiger partial charge in [-0.05, 0) is 40.5 Å². The number of hydrogen-bond donors (Lipinski definition) is 0. The molecule has 1 heterocycles. The molecule has 0 bridgehead atoms. The van der Waals surface area contributed by atoms with E-state index in [2.05, 4.69) is 25.9 Å². The Kier molecular flexibility index (Phi) is 3.72. The van der Waals surface area contributed by atoms with E-state index >= 15 is 0 Å². The monoisotopic (exact) mass is 306 g/mol. The summed E-state index contributed by atoms with van der Waals surface area (Å²) < 4.78 is 5.39. The average Bonchev–Trinajstić information content (AvgIpc) is 2.38. The van der Waals surface area contributed by atoms with Crippen molar-refractivity contribution in [2.24, 2.45) is 0 Å². The van der Waals surface area contributed by atoms with Gasteiger partial charge < -0.3 is 4.74 Å². The molecule has 2 rings (SSSR count). The van der Waals surface area contributed by atoms with E-state index in [-0.39, 0.29) is 5.97 Å². The molecule has 2 aromatic rings. The van der Waals surface area contributed by atoms with Gasteiger partial charge in [-0.25, -0.2) is 9.78 Å². The summed E-state index contributed by atoms with van der Waals surface area (Å²) in [6.07, 6.45) is 3.32. The summed E-state index contributed by atoms with van der Waals surface area (Å²) in [5.41, 5.74) is 3.09. The first-order valence-electron chi connectivity index (χ1n) is 5.28. The number of aryl methyl sites for hydroxylation is 1. The minimum Gasteiger partial charge on any atom is -0.465 e. The Balaban J connectivity index is 2.40. The van der Waals surface area contributed by atoms with Gasteiger partial charge in [0.1, 0.15) is 4.60 Å². The number of ether oxygens (including phenoxy) is 1. The lowest BCUT2D eigenvalue weighted by Gasteiger charge is -2.06. The largest absolute Gasteiger partial charge is 0.465 e. The first-order valence-corrected chi connectivity index (χ1v) is 6.08. The molecule has 0 aliphatic rings. The zero-order valence-electron chi connectivity index (χ0n) is 9.98. The SMILES string of the molecule is COC(=O)c1ccc(-c2cnc(Br)cn2)cc1C. The van der Waals surface area contributed by atoms with Crippen molar-refractivity contribution in [1.82, 2.24) is 9.97 Å². The van der Waals surface area contributed by atoms with Crippen molar-refractivity contribution in [3.05, 3.63) is 46.3 Å². The Hall–Kier alpha value is -1.75. The van der Waals surface area contributed by atoms with E-state index in [0.29, 0.717) is 10.2 Å². The van der Waals surface area contributed by atoms with E-state index < -0.39 is 0 Å². The van der Waals surface area contributed by atoms with Gasteiger partial charge in [0.2, 0.25) is 0 Å². The summed E-state index contributed by atoms with van der Waals surface area (Å²) in [5.74, 6) is -0.332. The molecular formula is C13H11BrN2O2. The Bertz CT molecular complexity index is 582. The Morgan fingerprint density at radius 1 is 1.28 bits per heavy atom. The fourth-order valence-corrected chi connectivity index (χ4v) is 1.83. The van der Waals surface area contributed by atoms with Crippen molar-refractivity contribution in [2.75, 3.05) is 7.11 Å². The summed E-state index contributed by atoms with van der Waals surface area (Å²) in [6, 6.07) is 5.46. The molecule has 0 saturated heterocycles. The zero-order chi connectivity index (χ0) is 13.1. The molecule has 1 aromatic carbocycles. The third-order valence-corrected chi connectivity index (χ3v) is 2.96. The van der Waals surface area contributed by atoms with Crippen LogP contribution >= 0.6 is 15.9 Å². The van der Waals surface area contributed by atoms with Crippen LogP contribution in [0.3, 0.4) is 0 Å². The number of hydrogen-bond acceptors (Lipinski definition) is 4. The second-order valence-electron chi connectivity index (χ2n) is 3.75. The van der Waals surface area contributed by atoms with E-state index in [1.165, 1.54) is 7.11 Å². The van der Waals surface area contributed by atoms with E-state index in [1.807, 2.05) is 19.1 Å². The predicted molar refractivity (Wildman–Crippen MR) is 71.2 cm³/mol. The summed E-state index contributed by atoms with van der Waals surface area (Å²) >= 11 is 3.24. The lowest BCUT2D eigenvalue weighted by Crippen LogP contribution is -2.03. The van der Waals surface area contributed by atoms with Crippen molar-refractivity contribution in [1.29, 1.82) is 0 Å². The minimum atomic E-state index is -0.332. The summed E-state index contributed by atoms with van der Waals surface area (Å²) in [5, 5.41) is 0. The number of carbonyl (C=O) groups is 1. The maximum atomic E-state index is 11.5. The molecule has 0 unspecified atom stereocenters. The van der Waals surface area contributed by atoms with Gasteiger partial charge in [-0.2, -0.15) is 0 Å². The number of benzene rings is 1. The van der Waals surface area contributed by atoms with Crippen LogP contribution in [-0.2, 0) is 4.74 Å². The summed E-state index contributed by atoms with van der Waals surface area (Å²) in [4.78, 5) is 19.9. The maximum Gasteiger partial charge on any atom is 0.338 e. The molecule has 5 heteroatoms. The van der Waals surface area contributed by atoms with Gasteiger partial charge in [0.05, 0.1) is 30.8 Å². The molecule has 1 aromatic heterocycles. The van der Waals surface area contributed by atoms with Gasteiger partial charge in [0, 0.05) is 5.56 Å². The fraction of sp³-hybridized carbons (Fsp3) is 0.154. The third kappa shape index (κ3) is 2.56. The number of nitrogens with zero attached hydrogens (tertiary/aromatic N) is 2. The van der Waals surface area contributed by atoms with Crippen LogP contribution in [0.4, 0.5) is 0 Å². The van der Waals surface area contributed by atoms with Crippen LogP contribution in [0.15, 0.2) is 35.2 Å². The van der Waals surface area contributed by atoms with Gasteiger partial charge >= 0.3 is 5.97 Å². The fourth-order valence-electron chi connectivity index (χ4n) is 1.62. The highest BCUT2D eigenvalue weighted by Gasteiger charge is 2.10. The molecule has 0 aliphatic carbocycles. The van der Waals surface area contributed by atoms with Crippen LogP contribution in [0.1, 0.15) is 15.9 Å². The highest BCUT2D eigenvalue weighted by atomic mass is 79.9. The molecule has 92 valence electrons. The molecule has 0 radical (unpaired) electrons. The smallest absolute Gasteiger partial charge is 0.338 e. The van der Waals surface area contributed by atoms with Crippen LogP contribution in [0.5, 0.6) is 0 Å². The van der Waals surface area contributed by atoms with E-state index in [9.17, 15) is 4.79 Å². The quantitative estimate of drug-likeness (QED) is 0.800. The second-order valence-corrected chi connectivity index (χ2v) is 4.56. The lowest BCUT2D eigenvalue weighted by atomic mass is 10.0. The topological polar surface area (TPSA) is 52.1 Å². The van der Waals surface area contributed by atoms with Crippen molar-refractivity contribution >= 4 is 21.9 Å². The van der Waals surface area contributed by atoms with Crippen molar-refractivity contribution in [2.45, 2.75) is 6.92 Å². The normalized spacial score (nSPS) is 10.2. The number of rotatable bonds is 2. The third-order valence-electron chi connectivity index (χ3n) is 2.55. The van der Waals surface area contributed by atoms with Crippen LogP contribution in [-0.4, -0.2) is 23.0 Å². The number of halogens is 1. The van der Waals surface area contributed by atoms with E-state index in [1.54, 1.807) is 18.5 Å². The van der Waals surface area contributed by atoms with Crippen molar-refractivity contribution < 1.29 is 9.53 Å². The van der Waals surface area contributed by atoms with E-state index in [0.717, 1.165) is 16.8 Å². The standard InChI is InChI=1S/C13H11BrN2O2/c1-8-5-9(3-4-10(8)13(17)18-2)11-6-16-12(14)7-15-11/h3-7H,1-2H3. The molecular weight excluding hydrogens is 296 g/mol. The first kappa shape index (κ1) is 12.7. The number of esters is 1. The lowest BCUT2D eigenvalue weighted by molar-refractivity contribution is 0.0600. The Morgan fingerprint density at radius 3 is 2.61 bits per heavy atom.